The molecule has 1 saturated heterocycles. The van der Waals surface area contributed by atoms with Crippen molar-refractivity contribution in [2.45, 2.75) is 0 Å². The van der Waals surface area contributed by atoms with Crippen molar-refractivity contribution >= 4 is 68.8 Å². The standard InChI is InChI=1S/C18H17ClIN3O2S/c19-14-2-1-3-15(16(14)23-8-10-25-11-9-23)21-18(26)22-17(24)12-4-6-13(20)7-5-12/h1-7H,8-11H2,(H2,21,22,24,26). The number of carbonyl (C=O) groups excluding carboxylic acids is 1. The van der Waals surface area contributed by atoms with Gasteiger partial charge in [-0.05, 0) is 71.2 Å². The Balaban J connectivity index is 1.72. The van der Waals surface area contributed by atoms with Crippen LogP contribution in [0.5, 0.6) is 0 Å². The van der Waals surface area contributed by atoms with Crippen molar-refractivity contribution < 1.29 is 9.53 Å². The van der Waals surface area contributed by atoms with E-state index in [0.717, 1.165) is 28.0 Å². The van der Waals surface area contributed by atoms with E-state index in [4.69, 9.17) is 28.6 Å². The Labute approximate surface area is 176 Å². The Kier molecular flexibility index (Phi) is 6.68. The van der Waals surface area contributed by atoms with E-state index >= 15 is 0 Å². The SMILES string of the molecule is O=C(NC(=S)Nc1cccc(Cl)c1N1CCOCC1)c1ccc(I)cc1. The number of para-hydroxylation sites is 1. The van der Waals surface area contributed by atoms with Crippen LogP contribution in [0.3, 0.4) is 0 Å². The first-order valence-electron chi connectivity index (χ1n) is 8.04. The minimum atomic E-state index is -0.256. The van der Waals surface area contributed by atoms with E-state index < -0.39 is 0 Å². The molecule has 0 atom stereocenters. The smallest absolute Gasteiger partial charge is 0.257 e. The highest BCUT2D eigenvalue weighted by Gasteiger charge is 2.19. The van der Waals surface area contributed by atoms with E-state index in [2.05, 4.69) is 38.1 Å². The monoisotopic (exact) mass is 501 g/mol. The van der Waals surface area contributed by atoms with Gasteiger partial charge in [-0.15, -0.1) is 0 Å². The van der Waals surface area contributed by atoms with Crippen molar-refractivity contribution in [2.24, 2.45) is 0 Å². The number of nitrogens with zero attached hydrogens (tertiary/aromatic N) is 1. The van der Waals surface area contributed by atoms with Gasteiger partial charge in [-0.3, -0.25) is 10.1 Å². The largest absolute Gasteiger partial charge is 0.378 e. The number of morpholine rings is 1. The molecule has 2 aromatic rings. The van der Waals surface area contributed by atoms with Crippen LogP contribution >= 0.6 is 46.4 Å². The fourth-order valence-corrected chi connectivity index (χ4v) is 3.51. The van der Waals surface area contributed by atoms with Crippen molar-refractivity contribution in [3.05, 3.63) is 56.6 Å². The van der Waals surface area contributed by atoms with Gasteiger partial charge in [-0.25, -0.2) is 0 Å². The first kappa shape index (κ1) is 19.3. The molecule has 1 heterocycles. The van der Waals surface area contributed by atoms with Crippen LogP contribution < -0.4 is 15.5 Å². The molecular formula is C18H17ClIN3O2S. The second-order valence-electron chi connectivity index (χ2n) is 5.65. The quantitative estimate of drug-likeness (QED) is 0.493. The van der Waals surface area contributed by atoms with E-state index in [0.29, 0.717) is 23.8 Å². The molecule has 2 N–H and O–H groups in total. The molecule has 8 heteroatoms. The molecule has 0 unspecified atom stereocenters. The van der Waals surface area contributed by atoms with Crippen LogP contribution in [-0.2, 0) is 4.74 Å². The highest BCUT2D eigenvalue weighted by atomic mass is 127. The summed E-state index contributed by atoms with van der Waals surface area (Å²) in [7, 11) is 0. The number of carbonyl (C=O) groups is 1. The third-order valence-electron chi connectivity index (χ3n) is 3.90. The first-order chi connectivity index (χ1) is 12.5. The Morgan fingerprint density at radius 1 is 1.15 bits per heavy atom. The third-order valence-corrected chi connectivity index (χ3v) is 5.12. The van der Waals surface area contributed by atoms with Crippen molar-refractivity contribution in [3.63, 3.8) is 0 Å². The van der Waals surface area contributed by atoms with Crippen molar-refractivity contribution in [2.75, 3.05) is 36.5 Å². The summed E-state index contributed by atoms with van der Waals surface area (Å²) in [5, 5.41) is 6.65. The lowest BCUT2D eigenvalue weighted by atomic mass is 10.2. The van der Waals surface area contributed by atoms with Crippen LogP contribution in [0.1, 0.15) is 10.4 Å². The summed E-state index contributed by atoms with van der Waals surface area (Å²) >= 11 is 13.9. The average Bonchev–Trinajstić information content (AvgIpc) is 2.63. The number of anilines is 2. The Hall–Kier alpha value is -1.42. The highest BCUT2D eigenvalue weighted by molar-refractivity contribution is 14.1. The molecular weight excluding hydrogens is 485 g/mol. The molecule has 0 aliphatic carbocycles. The molecule has 3 rings (SSSR count). The summed E-state index contributed by atoms with van der Waals surface area (Å²) in [6.07, 6.45) is 0. The predicted octanol–water partition coefficient (Wildman–Crippen LogP) is 3.91. The molecule has 1 aliphatic rings. The maximum Gasteiger partial charge on any atom is 0.257 e. The van der Waals surface area contributed by atoms with Crippen molar-refractivity contribution in [3.8, 4) is 0 Å². The lowest BCUT2D eigenvalue weighted by Gasteiger charge is -2.31. The fourth-order valence-electron chi connectivity index (χ4n) is 2.65. The molecule has 1 aliphatic heterocycles. The third kappa shape index (κ3) is 4.85. The summed E-state index contributed by atoms with van der Waals surface area (Å²) in [5.41, 5.74) is 2.17. The van der Waals surface area contributed by atoms with Gasteiger partial charge in [0.25, 0.3) is 5.91 Å². The maximum absolute atomic E-state index is 12.3. The number of nitrogens with one attached hydrogen (secondary N) is 2. The van der Waals surface area contributed by atoms with Gasteiger partial charge in [0.1, 0.15) is 0 Å². The minimum absolute atomic E-state index is 0.227. The van der Waals surface area contributed by atoms with Crippen LogP contribution in [-0.4, -0.2) is 37.3 Å². The van der Waals surface area contributed by atoms with Crippen LogP contribution in [0.2, 0.25) is 5.02 Å². The number of benzene rings is 2. The van der Waals surface area contributed by atoms with Crippen molar-refractivity contribution in [1.29, 1.82) is 0 Å². The number of thiocarbonyl (C=S) groups is 1. The fraction of sp³-hybridized carbons (Fsp3) is 0.222. The summed E-state index contributed by atoms with van der Waals surface area (Å²) < 4.78 is 6.47. The van der Waals surface area contributed by atoms with Gasteiger partial charge < -0.3 is 15.0 Å². The lowest BCUT2D eigenvalue weighted by molar-refractivity contribution is 0.0977. The van der Waals surface area contributed by atoms with Crippen LogP contribution in [0, 0.1) is 3.57 Å². The van der Waals surface area contributed by atoms with E-state index in [9.17, 15) is 4.79 Å². The molecule has 136 valence electrons. The lowest BCUT2D eigenvalue weighted by Crippen LogP contribution is -2.38. The zero-order chi connectivity index (χ0) is 18.5. The van der Waals surface area contributed by atoms with Gasteiger partial charge in [0.15, 0.2) is 5.11 Å². The molecule has 0 radical (unpaired) electrons. The molecule has 26 heavy (non-hydrogen) atoms. The molecule has 2 aromatic carbocycles. The number of hydrogen-bond acceptors (Lipinski definition) is 4. The molecule has 0 spiro atoms. The Morgan fingerprint density at radius 2 is 1.85 bits per heavy atom. The molecule has 5 nitrogen and oxygen atoms in total. The maximum atomic E-state index is 12.3. The second kappa shape index (κ2) is 8.98. The number of hydrogen-bond donors (Lipinski definition) is 2. The van der Waals surface area contributed by atoms with Gasteiger partial charge in [-0.1, -0.05) is 17.7 Å². The first-order valence-corrected chi connectivity index (χ1v) is 9.90. The zero-order valence-corrected chi connectivity index (χ0v) is 17.5. The molecule has 0 bridgehead atoms. The molecule has 0 aromatic heterocycles. The second-order valence-corrected chi connectivity index (χ2v) is 7.71. The predicted molar refractivity (Wildman–Crippen MR) is 117 cm³/mol. The summed E-state index contributed by atoms with van der Waals surface area (Å²) in [4.78, 5) is 14.5. The van der Waals surface area contributed by atoms with Crippen LogP contribution in [0.25, 0.3) is 0 Å². The topological polar surface area (TPSA) is 53.6 Å². The highest BCUT2D eigenvalue weighted by Crippen LogP contribution is 2.34. The minimum Gasteiger partial charge on any atom is -0.378 e. The molecule has 1 fully saturated rings. The number of halogens is 2. The Morgan fingerprint density at radius 3 is 2.54 bits per heavy atom. The van der Waals surface area contributed by atoms with Gasteiger partial charge in [0.2, 0.25) is 0 Å². The van der Waals surface area contributed by atoms with E-state index in [1.165, 1.54) is 0 Å². The van der Waals surface area contributed by atoms with E-state index in [1.54, 1.807) is 12.1 Å². The average molecular weight is 502 g/mol. The molecule has 1 amide bonds. The number of ether oxygens (including phenoxy) is 1. The molecule has 0 saturated carbocycles. The van der Waals surface area contributed by atoms with Gasteiger partial charge in [0.05, 0.1) is 29.6 Å². The van der Waals surface area contributed by atoms with Gasteiger partial charge in [-0.2, -0.15) is 0 Å². The Bertz CT molecular complexity index is 811. The van der Waals surface area contributed by atoms with E-state index in [1.807, 2.05) is 30.3 Å². The summed E-state index contributed by atoms with van der Waals surface area (Å²) in [6.45, 7) is 2.80. The van der Waals surface area contributed by atoms with Crippen LogP contribution in [0.4, 0.5) is 11.4 Å². The normalized spacial score (nSPS) is 14.0. The van der Waals surface area contributed by atoms with Crippen LogP contribution in [0.15, 0.2) is 42.5 Å². The zero-order valence-electron chi connectivity index (χ0n) is 13.8. The summed E-state index contributed by atoms with van der Waals surface area (Å²) in [5.74, 6) is -0.256. The van der Waals surface area contributed by atoms with E-state index in [-0.39, 0.29) is 11.0 Å². The number of rotatable bonds is 3. The van der Waals surface area contributed by atoms with Gasteiger partial charge >= 0.3 is 0 Å². The van der Waals surface area contributed by atoms with Crippen molar-refractivity contribution in [1.82, 2.24) is 5.32 Å². The number of amides is 1. The summed E-state index contributed by atoms with van der Waals surface area (Å²) in [6, 6.07) is 12.8. The van der Waals surface area contributed by atoms with Gasteiger partial charge in [0, 0.05) is 22.2 Å².